The van der Waals surface area contributed by atoms with Gasteiger partial charge in [-0.3, -0.25) is 9.69 Å². The molecule has 0 spiro atoms. The number of nitrogens with zero attached hydrogens (tertiary/aromatic N) is 1. The average Bonchev–Trinajstić information content (AvgIpc) is 2.69. The Morgan fingerprint density at radius 1 is 1.73 bits per heavy atom. The van der Waals surface area contributed by atoms with E-state index < -0.39 is 0 Å². The van der Waals surface area contributed by atoms with E-state index in [0.717, 1.165) is 19.7 Å². The first-order valence-corrected chi connectivity index (χ1v) is 6.00. The summed E-state index contributed by atoms with van der Waals surface area (Å²) in [6, 6.07) is 4.12. The second kappa shape index (κ2) is 4.88. The minimum atomic E-state index is 0.151. The molecule has 1 saturated heterocycles. The van der Waals surface area contributed by atoms with Crippen molar-refractivity contribution in [2.45, 2.75) is 13.0 Å². The van der Waals surface area contributed by atoms with Crippen LogP contribution in [0.2, 0.25) is 0 Å². The van der Waals surface area contributed by atoms with Crippen molar-refractivity contribution in [3.05, 3.63) is 22.4 Å². The summed E-state index contributed by atoms with van der Waals surface area (Å²) in [7, 11) is 0. The molecule has 15 heavy (non-hydrogen) atoms. The maximum atomic E-state index is 11.0. The molecule has 0 N–H and O–H groups in total. The molecule has 2 rings (SSSR count). The van der Waals surface area contributed by atoms with Crippen LogP contribution in [0.5, 0.6) is 0 Å². The van der Waals surface area contributed by atoms with Gasteiger partial charge in [-0.15, -0.1) is 11.3 Å². The van der Waals surface area contributed by atoms with E-state index in [1.165, 1.54) is 4.88 Å². The van der Waals surface area contributed by atoms with Crippen molar-refractivity contribution in [1.82, 2.24) is 4.90 Å². The maximum Gasteiger partial charge on any atom is 0.143 e. The molecular weight excluding hydrogens is 210 g/mol. The van der Waals surface area contributed by atoms with Gasteiger partial charge in [0.05, 0.1) is 13.2 Å². The van der Waals surface area contributed by atoms with Crippen LogP contribution in [0, 0.1) is 0 Å². The van der Waals surface area contributed by atoms with Crippen LogP contribution in [0.25, 0.3) is 0 Å². The van der Waals surface area contributed by atoms with E-state index in [1.807, 2.05) is 6.07 Å². The Morgan fingerprint density at radius 2 is 2.60 bits per heavy atom. The fourth-order valence-corrected chi connectivity index (χ4v) is 2.57. The third kappa shape index (κ3) is 2.87. The monoisotopic (exact) mass is 225 g/mol. The molecule has 1 fully saturated rings. The van der Waals surface area contributed by atoms with Crippen molar-refractivity contribution in [3.63, 3.8) is 0 Å². The number of carbonyl (C=O) groups is 1. The quantitative estimate of drug-likeness (QED) is 0.784. The van der Waals surface area contributed by atoms with Gasteiger partial charge in [-0.1, -0.05) is 6.07 Å². The highest BCUT2D eigenvalue weighted by atomic mass is 32.1. The summed E-state index contributed by atoms with van der Waals surface area (Å²) in [6.45, 7) is 4.60. The van der Waals surface area contributed by atoms with Crippen LogP contribution in [-0.4, -0.2) is 36.9 Å². The standard InChI is InChI=1S/C11H15NO2S/c1-9(13)7-12-4-5-14-10(8-12)11-3-2-6-15-11/h2-3,6,10H,4-5,7-8H2,1H3. The smallest absolute Gasteiger partial charge is 0.143 e. The number of rotatable bonds is 3. The highest BCUT2D eigenvalue weighted by Crippen LogP contribution is 2.25. The van der Waals surface area contributed by atoms with Crippen LogP contribution in [0.15, 0.2) is 17.5 Å². The molecule has 1 aromatic heterocycles. The minimum absolute atomic E-state index is 0.151. The van der Waals surface area contributed by atoms with Gasteiger partial charge in [-0.2, -0.15) is 0 Å². The summed E-state index contributed by atoms with van der Waals surface area (Å²) in [4.78, 5) is 14.4. The average molecular weight is 225 g/mol. The number of hydrogen-bond donors (Lipinski definition) is 0. The third-order valence-corrected chi connectivity index (χ3v) is 3.42. The number of thiophene rings is 1. The first-order valence-electron chi connectivity index (χ1n) is 5.12. The van der Waals surface area contributed by atoms with E-state index in [4.69, 9.17) is 4.74 Å². The van der Waals surface area contributed by atoms with Gasteiger partial charge in [0.2, 0.25) is 0 Å². The lowest BCUT2D eigenvalue weighted by Gasteiger charge is -2.31. The van der Waals surface area contributed by atoms with Gasteiger partial charge in [0.15, 0.2) is 0 Å². The lowest BCUT2D eigenvalue weighted by Crippen LogP contribution is -2.40. The Labute approximate surface area is 93.7 Å². The Kier molecular flexibility index (Phi) is 3.51. The van der Waals surface area contributed by atoms with Crippen LogP contribution < -0.4 is 0 Å². The molecule has 0 aliphatic carbocycles. The molecule has 4 heteroatoms. The largest absolute Gasteiger partial charge is 0.370 e. The Bertz CT molecular complexity index is 323. The molecule has 0 bridgehead atoms. The summed E-state index contributed by atoms with van der Waals surface area (Å²) >= 11 is 1.71. The number of carbonyl (C=O) groups excluding carboxylic acids is 1. The number of hydrogen-bond acceptors (Lipinski definition) is 4. The maximum absolute atomic E-state index is 11.0. The van der Waals surface area contributed by atoms with Gasteiger partial charge in [-0.05, 0) is 18.4 Å². The lowest BCUT2D eigenvalue weighted by molar-refractivity contribution is -0.120. The van der Waals surface area contributed by atoms with Crippen LogP contribution in [-0.2, 0) is 9.53 Å². The van der Waals surface area contributed by atoms with E-state index in [2.05, 4.69) is 16.3 Å². The fourth-order valence-electron chi connectivity index (χ4n) is 1.81. The summed E-state index contributed by atoms with van der Waals surface area (Å²) < 4.78 is 5.69. The summed E-state index contributed by atoms with van der Waals surface area (Å²) in [6.07, 6.45) is 0.151. The van der Waals surface area contributed by atoms with E-state index in [9.17, 15) is 4.79 Å². The molecule has 0 saturated carbocycles. The number of morpholine rings is 1. The summed E-state index contributed by atoms with van der Waals surface area (Å²) in [5.41, 5.74) is 0. The van der Waals surface area contributed by atoms with Crippen LogP contribution in [0.1, 0.15) is 17.9 Å². The van der Waals surface area contributed by atoms with Gasteiger partial charge in [-0.25, -0.2) is 0 Å². The first kappa shape index (κ1) is 10.8. The zero-order chi connectivity index (χ0) is 10.7. The molecule has 2 heterocycles. The fraction of sp³-hybridized carbons (Fsp3) is 0.545. The van der Waals surface area contributed by atoms with Crippen LogP contribution in [0.4, 0.5) is 0 Å². The van der Waals surface area contributed by atoms with Crippen molar-refractivity contribution in [2.75, 3.05) is 26.2 Å². The topological polar surface area (TPSA) is 29.5 Å². The number of ether oxygens (including phenoxy) is 1. The highest BCUT2D eigenvalue weighted by Gasteiger charge is 2.22. The molecule has 1 aliphatic heterocycles. The van der Waals surface area contributed by atoms with Crippen molar-refractivity contribution in [3.8, 4) is 0 Å². The second-order valence-electron chi connectivity index (χ2n) is 3.81. The van der Waals surface area contributed by atoms with Gasteiger partial charge >= 0.3 is 0 Å². The van der Waals surface area contributed by atoms with Gasteiger partial charge in [0, 0.05) is 18.0 Å². The predicted octanol–water partition coefficient (Wildman–Crippen LogP) is 1.71. The highest BCUT2D eigenvalue weighted by molar-refractivity contribution is 7.10. The van der Waals surface area contributed by atoms with E-state index in [1.54, 1.807) is 18.3 Å². The van der Waals surface area contributed by atoms with E-state index in [0.29, 0.717) is 6.54 Å². The van der Waals surface area contributed by atoms with Crippen LogP contribution in [0.3, 0.4) is 0 Å². The lowest BCUT2D eigenvalue weighted by atomic mass is 10.2. The Morgan fingerprint density at radius 3 is 3.27 bits per heavy atom. The molecule has 0 radical (unpaired) electrons. The minimum Gasteiger partial charge on any atom is -0.370 e. The van der Waals surface area contributed by atoms with E-state index >= 15 is 0 Å². The van der Waals surface area contributed by atoms with Crippen molar-refractivity contribution in [2.24, 2.45) is 0 Å². The molecule has 0 aromatic carbocycles. The predicted molar refractivity (Wildman–Crippen MR) is 60.1 cm³/mol. The molecule has 1 unspecified atom stereocenters. The third-order valence-electron chi connectivity index (χ3n) is 2.46. The van der Waals surface area contributed by atoms with Crippen molar-refractivity contribution < 1.29 is 9.53 Å². The molecular formula is C11H15NO2S. The molecule has 1 aliphatic rings. The molecule has 1 aromatic rings. The molecule has 3 nitrogen and oxygen atoms in total. The van der Waals surface area contributed by atoms with Gasteiger partial charge < -0.3 is 4.74 Å². The number of Topliss-reactive ketones (excluding diaryl/α,β-unsaturated/α-hetero) is 1. The normalized spacial score (nSPS) is 22.9. The number of ketones is 1. The van der Waals surface area contributed by atoms with Crippen LogP contribution >= 0.6 is 11.3 Å². The molecule has 0 amide bonds. The molecule has 1 atom stereocenters. The SMILES string of the molecule is CC(=O)CN1CCOC(c2cccs2)C1. The summed E-state index contributed by atoms with van der Waals surface area (Å²) in [5, 5.41) is 2.06. The second-order valence-corrected chi connectivity index (χ2v) is 4.79. The zero-order valence-electron chi connectivity index (χ0n) is 8.81. The Balaban J connectivity index is 1.95. The van der Waals surface area contributed by atoms with Gasteiger partial charge in [0.25, 0.3) is 0 Å². The first-order chi connectivity index (χ1) is 7.25. The summed E-state index contributed by atoms with van der Waals surface area (Å²) in [5.74, 6) is 0.224. The van der Waals surface area contributed by atoms with E-state index in [-0.39, 0.29) is 11.9 Å². The van der Waals surface area contributed by atoms with Gasteiger partial charge in [0.1, 0.15) is 11.9 Å². The van der Waals surface area contributed by atoms with Crippen molar-refractivity contribution >= 4 is 17.1 Å². The van der Waals surface area contributed by atoms with Crippen molar-refractivity contribution in [1.29, 1.82) is 0 Å². The molecule has 82 valence electrons. The Hall–Kier alpha value is -0.710. The zero-order valence-corrected chi connectivity index (χ0v) is 9.63.